The van der Waals surface area contributed by atoms with Crippen molar-refractivity contribution in [3.8, 4) is 0 Å². The van der Waals surface area contributed by atoms with Crippen molar-refractivity contribution in [2.24, 2.45) is 0 Å². The second-order valence-electron chi connectivity index (χ2n) is 5.32. The van der Waals surface area contributed by atoms with Crippen LogP contribution in [-0.2, 0) is 5.41 Å². The van der Waals surface area contributed by atoms with Gasteiger partial charge in [0, 0.05) is 11.6 Å². The van der Waals surface area contributed by atoms with Crippen LogP contribution < -0.4 is 0 Å². The van der Waals surface area contributed by atoms with Crippen LogP contribution in [0.15, 0.2) is 6.20 Å². The van der Waals surface area contributed by atoms with Gasteiger partial charge in [-0.2, -0.15) is 0 Å². The minimum atomic E-state index is 0.215. The van der Waals surface area contributed by atoms with Crippen LogP contribution in [-0.4, -0.2) is 9.97 Å². The fourth-order valence-corrected chi connectivity index (χ4v) is 2.37. The van der Waals surface area contributed by atoms with Gasteiger partial charge in [0.15, 0.2) is 0 Å². The predicted molar refractivity (Wildman–Crippen MR) is 73.3 cm³/mol. The van der Waals surface area contributed by atoms with Gasteiger partial charge < -0.3 is 0 Å². The molecule has 17 heavy (non-hydrogen) atoms. The first-order valence-corrected chi connectivity index (χ1v) is 6.84. The Hall–Kier alpha value is -0.920. The fraction of sp³-hybridized carbons (Fsp3) is 0.733. The van der Waals surface area contributed by atoms with Gasteiger partial charge in [-0.05, 0) is 32.3 Å². The summed E-state index contributed by atoms with van der Waals surface area (Å²) < 4.78 is 0. The molecule has 0 aliphatic heterocycles. The van der Waals surface area contributed by atoms with Crippen molar-refractivity contribution in [2.45, 2.75) is 72.1 Å². The molecule has 1 aromatic rings. The molecule has 1 unspecified atom stereocenters. The molecule has 1 heterocycles. The minimum absolute atomic E-state index is 0.215. The standard InChI is InChI=1S/C15H26N2/c1-6-8-9-10-15(5,7-2)14-12(3)11-16-13(4)17-14/h11H,6-10H2,1-5H3. The molecule has 0 aromatic carbocycles. The Morgan fingerprint density at radius 1 is 1.18 bits per heavy atom. The number of hydrogen-bond donors (Lipinski definition) is 0. The Bertz CT molecular complexity index is 360. The van der Waals surface area contributed by atoms with Crippen LogP contribution in [0.5, 0.6) is 0 Å². The summed E-state index contributed by atoms with van der Waals surface area (Å²) in [6.45, 7) is 11.0. The summed E-state index contributed by atoms with van der Waals surface area (Å²) in [5.41, 5.74) is 2.70. The Morgan fingerprint density at radius 2 is 1.88 bits per heavy atom. The van der Waals surface area contributed by atoms with Crippen LogP contribution >= 0.6 is 0 Å². The molecule has 1 rings (SSSR count). The van der Waals surface area contributed by atoms with Gasteiger partial charge in [-0.15, -0.1) is 0 Å². The second kappa shape index (κ2) is 6.13. The molecule has 0 amide bonds. The molecule has 0 saturated carbocycles. The highest BCUT2D eigenvalue weighted by atomic mass is 14.9. The van der Waals surface area contributed by atoms with Crippen molar-refractivity contribution < 1.29 is 0 Å². The van der Waals surface area contributed by atoms with E-state index in [1.54, 1.807) is 0 Å². The number of unbranched alkanes of at least 4 members (excludes halogenated alkanes) is 2. The third-order valence-electron chi connectivity index (χ3n) is 3.78. The summed E-state index contributed by atoms with van der Waals surface area (Å²) in [6.07, 6.45) is 8.23. The molecule has 96 valence electrons. The van der Waals surface area contributed by atoms with E-state index in [-0.39, 0.29) is 5.41 Å². The number of rotatable bonds is 6. The maximum atomic E-state index is 4.68. The SMILES string of the molecule is CCCCCC(C)(CC)c1nc(C)ncc1C. The average Bonchev–Trinajstić information content (AvgIpc) is 2.32. The Balaban J connectivity index is 2.94. The van der Waals surface area contributed by atoms with Crippen molar-refractivity contribution in [3.63, 3.8) is 0 Å². The Labute approximate surface area is 106 Å². The molecule has 0 saturated heterocycles. The van der Waals surface area contributed by atoms with E-state index in [0.717, 1.165) is 12.2 Å². The quantitative estimate of drug-likeness (QED) is 0.684. The molecule has 0 N–H and O–H groups in total. The molecule has 0 aliphatic carbocycles. The monoisotopic (exact) mass is 234 g/mol. The van der Waals surface area contributed by atoms with Crippen molar-refractivity contribution in [2.75, 3.05) is 0 Å². The molecule has 2 heteroatoms. The van der Waals surface area contributed by atoms with Crippen LogP contribution in [0.25, 0.3) is 0 Å². The number of nitrogens with zero attached hydrogens (tertiary/aromatic N) is 2. The van der Waals surface area contributed by atoms with Gasteiger partial charge in [0.1, 0.15) is 5.82 Å². The number of hydrogen-bond acceptors (Lipinski definition) is 2. The fourth-order valence-electron chi connectivity index (χ4n) is 2.37. The predicted octanol–water partition coefficient (Wildman–Crippen LogP) is 4.34. The number of aromatic nitrogens is 2. The zero-order valence-electron chi connectivity index (χ0n) is 12.0. The molecule has 2 nitrogen and oxygen atoms in total. The van der Waals surface area contributed by atoms with Crippen molar-refractivity contribution in [1.82, 2.24) is 9.97 Å². The maximum absolute atomic E-state index is 4.68. The smallest absolute Gasteiger partial charge is 0.125 e. The van der Waals surface area contributed by atoms with Gasteiger partial charge in [0.2, 0.25) is 0 Å². The van der Waals surface area contributed by atoms with Crippen molar-refractivity contribution in [3.05, 3.63) is 23.3 Å². The van der Waals surface area contributed by atoms with E-state index < -0.39 is 0 Å². The zero-order chi connectivity index (χ0) is 12.9. The molecule has 0 bridgehead atoms. The van der Waals surface area contributed by atoms with Crippen molar-refractivity contribution in [1.29, 1.82) is 0 Å². The van der Waals surface area contributed by atoms with Gasteiger partial charge >= 0.3 is 0 Å². The summed E-state index contributed by atoms with van der Waals surface area (Å²) in [5, 5.41) is 0. The molecule has 0 radical (unpaired) electrons. The van der Waals surface area contributed by atoms with Crippen LogP contribution in [0.3, 0.4) is 0 Å². The molecule has 1 atom stereocenters. The summed E-state index contributed by atoms with van der Waals surface area (Å²) >= 11 is 0. The van der Waals surface area contributed by atoms with Gasteiger partial charge in [-0.25, -0.2) is 9.97 Å². The first kappa shape index (κ1) is 14.1. The Morgan fingerprint density at radius 3 is 2.47 bits per heavy atom. The second-order valence-corrected chi connectivity index (χ2v) is 5.32. The lowest BCUT2D eigenvalue weighted by Gasteiger charge is -2.29. The van der Waals surface area contributed by atoms with E-state index in [0.29, 0.717) is 0 Å². The van der Waals surface area contributed by atoms with Crippen LogP contribution in [0.1, 0.15) is 70.0 Å². The van der Waals surface area contributed by atoms with E-state index in [4.69, 9.17) is 0 Å². The van der Waals surface area contributed by atoms with Crippen molar-refractivity contribution >= 4 is 0 Å². The molecular formula is C15H26N2. The zero-order valence-corrected chi connectivity index (χ0v) is 12.0. The highest BCUT2D eigenvalue weighted by Gasteiger charge is 2.27. The maximum Gasteiger partial charge on any atom is 0.125 e. The third-order valence-corrected chi connectivity index (χ3v) is 3.78. The van der Waals surface area contributed by atoms with E-state index in [1.165, 1.54) is 36.9 Å². The topological polar surface area (TPSA) is 25.8 Å². The van der Waals surface area contributed by atoms with Crippen LogP contribution in [0, 0.1) is 13.8 Å². The molecule has 0 aliphatic rings. The number of aryl methyl sites for hydroxylation is 2. The van der Waals surface area contributed by atoms with E-state index >= 15 is 0 Å². The summed E-state index contributed by atoms with van der Waals surface area (Å²) in [4.78, 5) is 8.96. The largest absolute Gasteiger partial charge is 0.241 e. The average molecular weight is 234 g/mol. The van der Waals surface area contributed by atoms with Gasteiger partial charge in [-0.3, -0.25) is 0 Å². The highest BCUT2D eigenvalue weighted by molar-refractivity contribution is 5.24. The molecule has 0 spiro atoms. The first-order valence-electron chi connectivity index (χ1n) is 6.84. The highest BCUT2D eigenvalue weighted by Crippen LogP contribution is 2.33. The Kier molecular flexibility index (Phi) is 5.10. The van der Waals surface area contributed by atoms with Crippen LogP contribution in [0.2, 0.25) is 0 Å². The van der Waals surface area contributed by atoms with E-state index in [2.05, 4.69) is 37.7 Å². The molecular weight excluding hydrogens is 208 g/mol. The normalized spacial score (nSPS) is 14.6. The first-order chi connectivity index (χ1) is 8.03. The van der Waals surface area contributed by atoms with Gasteiger partial charge in [0.25, 0.3) is 0 Å². The van der Waals surface area contributed by atoms with E-state index in [1.807, 2.05) is 13.1 Å². The van der Waals surface area contributed by atoms with Gasteiger partial charge in [0.05, 0.1) is 5.69 Å². The van der Waals surface area contributed by atoms with Gasteiger partial charge in [-0.1, -0.05) is 40.0 Å². The summed E-state index contributed by atoms with van der Waals surface area (Å²) in [7, 11) is 0. The summed E-state index contributed by atoms with van der Waals surface area (Å²) in [6, 6.07) is 0. The summed E-state index contributed by atoms with van der Waals surface area (Å²) in [5.74, 6) is 0.890. The van der Waals surface area contributed by atoms with E-state index in [9.17, 15) is 0 Å². The lowest BCUT2D eigenvalue weighted by Crippen LogP contribution is -2.24. The molecule has 1 aromatic heterocycles. The lowest BCUT2D eigenvalue weighted by molar-refractivity contribution is 0.384. The minimum Gasteiger partial charge on any atom is -0.241 e. The van der Waals surface area contributed by atoms with Crippen LogP contribution in [0.4, 0.5) is 0 Å². The third kappa shape index (κ3) is 3.52. The lowest BCUT2D eigenvalue weighted by atomic mass is 9.77. The molecule has 0 fully saturated rings.